The van der Waals surface area contributed by atoms with Crippen LogP contribution in [0.4, 0.5) is 0 Å². The normalized spacial score (nSPS) is 14.5. The molecule has 2 heterocycles. The maximum atomic E-state index is 11.8. The molecule has 1 N–H and O–H groups in total. The van der Waals surface area contributed by atoms with Gasteiger partial charge in [0.05, 0.1) is 11.4 Å². The molecular weight excluding hydrogens is 248 g/mol. The number of Topliss-reactive ketones (excluding diaryl/α,β-unsaturated/α-hetero) is 1. The number of H-pyrrole nitrogens is 1. The average molecular weight is 262 g/mol. The van der Waals surface area contributed by atoms with Crippen LogP contribution in [0.15, 0.2) is 42.6 Å². The van der Waals surface area contributed by atoms with Crippen LogP contribution in [0.1, 0.15) is 28.9 Å². The van der Waals surface area contributed by atoms with Crippen molar-refractivity contribution in [3.63, 3.8) is 0 Å². The SMILES string of the molecule is O=C1CCCc2nc(-c3c[nH]c4ccccc34)ccc21. The van der Waals surface area contributed by atoms with E-state index in [-0.39, 0.29) is 5.78 Å². The van der Waals surface area contributed by atoms with Crippen LogP contribution in [-0.4, -0.2) is 15.8 Å². The van der Waals surface area contributed by atoms with Gasteiger partial charge in [0, 0.05) is 34.6 Å². The molecule has 0 saturated carbocycles. The number of hydrogen-bond donors (Lipinski definition) is 1. The number of rotatable bonds is 1. The van der Waals surface area contributed by atoms with Gasteiger partial charge in [-0.15, -0.1) is 0 Å². The molecule has 0 unspecified atom stereocenters. The number of aromatic nitrogens is 2. The lowest BCUT2D eigenvalue weighted by atomic mass is 9.94. The number of ketones is 1. The van der Waals surface area contributed by atoms with E-state index in [1.54, 1.807) is 0 Å². The molecule has 1 aliphatic rings. The number of aromatic amines is 1. The van der Waals surface area contributed by atoms with Gasteiger partial charge in [0.2, 0.25) is 0 Å². The van der Waals surface area contributed by atoms with Crippen LogP contribution in [0, 0.1) is 0 Å². The van der Waals surface area contributed by atoms with Crippen LogP contribution >= 0.6 is 0 Å². The average Bonchev–Trinajstić information content (AvgIpc) is 2.91. The van der Waals surface area contributed by atoms with Crippen molar-refractivity contribution in [3.05, 3.63) is 53.9 Å². The van der Waals surface area contributed by atoms with E-state index in [2.05, 4.69) is 17.1 Å². The minimum absolute atomic E-state index is 0.226. The third-order valence-corrected chi connectivity index (χ3v) is 3.96. The fourth-order valence-corrected chi connectivity index (χ4v) is 2.93. The molecule has 4 rings (SSSR count). The van der Waals surface area contributed by atoms with Crippen molar-refractivity contribution in [1.82, 2.24) is 9.97 Å². The van der Waals surface area contributed by atoms with E-state index in [9.17, 15) is 4.79 Å². The third kappa shape index (κ3) is 1.67. The largest absolute Gasteiger partial charge is 0.360 e. The van der Waals surface area contributed by atoms with Crippen molar-refractivity contribution < 1.29 is 4.79 Å². The fourth-order valence-electron chi connectivity index (χ4n) is 2.93. The summed E-state index contributed by atoms with van der Waals surface area (Å²) in [6.07, 6.45) is 4.46. The highest BCUT2D eigenvalue weighted by Gasteiger charge is 2.19. The quantitative estimate of drug-likeness (QED) is 0.726. The molecule has 0 amide bonds. The maximum Gasteiger partial charge on any atom is 0.164 e. The summed E-state index contributed by atoms with van der Waals surface area (Å²) in [6.45, 7) is 0. The minimum Gasteiger partial charge on any atom is -0.360 e. The number of carbonyl (C=O) groups excluding carboxylic acids is 1. The van der Waals surface area contributed by atoms with E-state index in [1.165, 1.54) is 5.39 Å². The Labute approximate surface area is 116 Å². The Hall–Kier alpha value is -2.42. The summed E-state index contributed by atoms with van der Waals surface area (Å²) in [5, 5.41) is 1.17. The zero-order valence-corrected chi connectivity index (χ0v) is 11.0. The topological polar surface area (TPSA) is 45.8 Å². The van der Waals surface area contributed by atoms with Crippen LogP contribution in [0.5, 0.6) is 0 Å². The molecule has 1 aromatic carbocycles. The van der Waals surface area contributed by atoms with Gasteiger partial charge in [-0.25, -0.2) is 0 Å². The number of hydrogen-bond acceptors (Lipinski definition) is 2. The lowest BCUT2D eigenvalue weighted by Gasteiger charge is -2.14. The summed E-state index contributed by atoms with van der Waals surface area (Å²) in [6, 6.07) is 12.1. The highest BCUT2D eigenvalue weighted by Crippen LogP contribution is 2.29. The van der Waals surface area contributed by atoms with Gasteiger partial charge in [-0.1, -0.05) is 18.2 Å². The summed E-state index contributed by atoms with van der Waals surface area (Å²) < 4.78 is 0. The second-order valence-electron chi connectivity index (χ2n) is 5.22. The Morgan fingerprint density at radius 2 is 1.90 bits per heavy atom. The summed E-state index contributed by atoms with van der Waals surface area (Å²) >= 11 is 0. The minimum atomic E-state index is 0.226. The van der Waals surface area contributed by atoms with Gasteiger partial charge in [0.25, 0.3) is 0 Å². The lowest BCUT2D eigenvalue weighted by molar-refractivity contribution is 0.0971. The second-order valence-corrected chi connectivity index (χ2v) is 5.22. The van der Waals surface area contributed by atoms with Crippen LogP contribution in [0.2, 0.25) is 0 Å². The molecule has 0 saturated heterocycles. The predicted molar refractivity (Wildman–Crippen MR) is 78.8 cm³/mol. The van der Waals surface area contributed by atoms with Crippen molar-refractivity contribution >= 4 is 16.7 Å². The summed E-state index contributed by atoms with van der Waals surface area (Å²) in [4.78, 5) is 19.8. The summed E-state index contributed by atoms with van der Waals surface area (Å²) in [5.41, 5.74) is 4.90. The molecule has 20 heavy (non-hydrogen) atoms. The van der Waals surface area contributed by atoms with Crippen LogP contribution in [-0.2, 0) is 6.42 Å². The Kier molecular flexibility index (Phi) is 2.46. The monoisotopic (exact) mass is 262 g/mol. The predicted octanol–water partition coefficient (Wildman–Crippen LogP) is 3.75. The van der Waals surface area contributed by atoms with Crippen LogP contribution < -0.4 is 0 Å². The van der Waals surface area contributed by atoms with Gasteiger partial charge >= 0.3 is 0 Å². The van der Waals surface area contributed by atoms with Gasteiger partial charge in [-0.2, -0.15) is 0 Å². The smallest absolute Gasteiger partial charge is 0.164 e. The number of nitrogens with one attached hydrogen (secondary N) is 1. The number of fused-ring (bicyclic) bond motifs is 2. The molecule has 3 nitrogen and oxygen atoms in total. The summed E-state index contributed by atoms with van der Waals surface area (Å²) in [5.74, 6) is 0.226. The maximum absolute atomic E-state index is 11.8. The first-order valence-electron chi connectivity index (χ1n) is 6.92. The molecule has 0 aliphatic heterocycles. The highest BCUT2D eigenvalue weighted by atomic mass is 16.1. The zero-order chi connectivity index (χ0) is 13.5. The van der Waals surface area contributed by atoms with Crippen LogP contribution in [0.25, 0.3) is 22.2 Å². The molecule has 0 bridgehead atoms. The molecule has 3 aromatic rings. The molecule has 0 fully saturated rings. The molecule has 0 spiro atoms. The van der Waals surface area contributed by atoms with E-state index in [1.807, 2.05) is 30.5 Å². The Morgan fingerprint density at radius 3 is 2.85 bits per heavy atom. The first-order valence-corrected chi connectivity index (χ1v) is 6.92. The van der Waals surface area contributed by atoms with Crippen molar-refractivity contribution in [2.24, 2.45) is 0 Å². The van der Waals surface area contributed by atoms with Gasteiger partial charge in [-0.05, 0) is 31.0 Å². The second kappa shape index (κ2) is 4.30. The fraction of sp³-hybridized carbons (Fsp3) is 0.176. The van der Waals surface area contributed by atoms with E-state index in [0.29, 0.717) is 6.42 Å². The lowest BCUT2D eigenvalue weighted by Crippen LogP contribution is -2.12. The summed E-state index contributed by atoms with van der Waals surface area (Å²) in [7, 11) is 0. The van der Waals surface area contributed by atoms with Crippen LogP contribution in [0.3, 0.4) is 0 Å². The molecule has 0 radical (unpaired) electrons. The number of para-hydroxylation sites is 1. The number of aryl methyl sites for hydroxylation is 1. The van der Waals surface area contributed by atoms with E-state index < -0.39 is 0 Å². The highest BCUT2D eigenvalue weighted by molar-refractivity contribution is 5.99. The van der Waals surface area contributed by atoms with Crippen molar-refractivity contribution in [2.75, 3.05) is 0 Å². The van der Waals surface area contributed by atoms with Gasteiger partial charge in [0.1, 0.15) is 0 Å². The van der Waals surface area contributed by atoms with E-state index in [4.69, 9.17) is 4.98 Å². The van der Waals surface area contributed by atoms with Crippen molar-refractivity contribution in [2.45, 2.75) is 19.3 Å². The van der Waals surface area contributed by atoms with Crippen molar-refractivity contribution in [3.8, 4) is 11.3 Å². The molecule has 98 valence electrons. The standard InChI is InChI=1S/C17H14N2O/c20-17-7-3-6-15-12(17)8-9-16(19-15)13-10-18-14-5-2-1-4-11(13)14/h1-2,4-5,8-10,18H,3,6-7H2. The number of carbonyl (C=O) groups is 1. The zero-order valence-electron chi connectivity index (χ0n) is 11.0. The first-order chi connectivity index (χ1) is 9.83. The third-order valence-electron chi connectivity index (χ3n) is 3.96. The van der Waals surface area contributed by atoms with E-state index >= 15 is 0 Å². The first kappa shape index (κ1) is 11.4. The van der Waals surface area contributed by atoms with E-state index in [0.717, 1.165) is 40.9 Å². The van der Waals surface area contributed by atoms with Crippen molar-refractivity contribution in [1.29, 1.82) is 0 Å². The number of benzene rings is 1. The molecule has 0 atom stereocenters. The van der Waals surface area contributed by atoms with Gasteiger partial charge in [0.15, 0.2) is 5.78 Å². The Bertz CT molecular complexity index is 817. The number of nitrogens with zero attached hydrogens (tertiary/aromatic N) is 1. The molecular formula is C17H14N2O. The molecule has 3 heteroatoms. The Morgan fingerprint density at radius 1 is 1.00 bits per heavy atom. The van der Waals surface area contributed by atoms with Gasteiger partial charge < -0.3 is 4.98 Å². The molecule has 1 aliphatic carbocycles. The van der Waals surface area contributed by atoms with Gasteiger partial charge in [-0.3, -0.25) is 9.78 Å². The number of pyridine rings is 1. The Balaban J connectivity index is 1.89. The molecule has 2 aromatic heterocycles.